The average Bonchev–Trinajstić information content (AvgIpc) is 1.53. The van der Waals surface area contributed by atoms with Crippen LogP contribution in [0.3, 0.4) is 0 Å². The molecule has 0 aliphatic carbocycles. The number of rotatable bonds is 4. The lowest BCUT2D eigenvalue weighted by Crippen LogP contribution is -2.13. The first-order valence-electron chi connectivity index (χ1n) is 1.92. The minimum absolute atomic E-state index is 2.24. The molecule has 64 valence electrons. The molecule has 0 amide bonds. The van der Waals surface area contributed by atoms with E-state index in [0.717, 1.165) is 0 Å². The maximum atomic E-state index is 9.95. The Balaban J connectivity index is 3.99. The molecular weight excluding hydrogens is 285 g/mol. The molecule has 11 heavy (non-hydrogen) atoms. The van der Waals surface area contributed by atoms with E-state index in [1.165, 1.54) is 0 Å². The Morgan fingerprint density at radius 2 is 1.55 bits per heavy atom. The minimum atomic E-state index is -3.01. The molecule has 10 heteroatoms. The van der Waals surface area contributed by atoms with Crippen molar-refractivity contribution >= 4 is 44.0 Å². The van der Waals surface area contributed by atoms with E-state index < -0.39 is 20.7 Å². The second kappa shape index (κ2) is 4.74. The standard InChI is InChI=1S/CBrClO6P2/c2-1(3,8-10(4)5)9-11(6)7/p+2. The highest BCUT2D eigenvalue weighted by Gasteiger charge is 2.45. The lowest BCUT2D eigenvalue weighted by molar-refractivity contribution is 0.0464. The van der Waals surface area contributed by atoms with Gasteiger partial charge in [0.05, 0.1) is 0 Å². The molecule has 0 aromatic carbocycles. The summed E-state index contributed by atoms with van der Waals surface area (Å²) < 4.78 is 25.5. The van der Waals surface area contributed by atoms with Gasteiger partial charge in [0.1, 0.15) is 0 Å². The van der Waals surface area contributed by atoms with Gasteiger partial charge >= 0.3 is 20.7 Å². The van der Waals surface area contributed by atoms with Crippen LogP contribution < -0.4 is 0 Å². The van der Waals surface area contributed by atoms with Gasteiger partial charge in [0, 0.05) is 25.1 Å². The third-order valence-electron chi connectivity index (χ3n) is 0.369. The van der Waals surface area contributed by atoms with Crippen molar-refractivity contribution in [1.82, 2.24) is 0 Å². The molecule has 0 aromatic heterocycles. The van der Waals surface area contributed by atoms with Crippen molar-refractivity contribution in [1.29, 1.82) is 0 Å². The van der Waals surface area contributed by atoms with Crippen molar-refractivity contribution in [3.63, 3.8) is 0 Å². The maximum absolute atomic E-state index is 9.95. The van der Waals surface area contributed by atoms with E-state index >= 15 is 0 Å². The highest BCUT2D eigenvalue weighted by atomic mass is 79.9. The van der Waals surface area contributed by atoms with Gasteiger partial charge in [0.2, 0.25) is 0 Å². The predicted molar refractivity (Wildman–Crippen MR) is 39.3 cm³/mol. The fourth-order valence-electron chi connectivity index (χ4n) is 0.198. The van der Waals surface area contributed by atoms with Gasteiger partial charge in [-0.2, -0.15) is 0 Å². The Bertz CT molecular complexity index is 163. The van der Waals surface area contributed by atoms with Crippen molar-refractivity contribution in [2.24, 2.45) is 0 Å². The smallest absolute Gasteiger partial charge is 0.133 e. The molecule has 0 heterocycles. The number of hydrogen-bond acceptors (Lipinski definition) is 4. The van der Waals surface area contributed by atoms with E-state index in [0.29, 0.717) is 0 Å². The third kappa shape index (κ3) is 7.18. The van der Waals surface area contributed by atoms with Crippen LogP contribution in [0.2, 0.25) is 0 Å². The molecule has 0 spiro atoms. The zero-order valence-corrected chi connectivity index (χ0v) is 8.81. The Morgan fingerprint density at radius 3 is 1.73 bits per heavy atom. The molecule has 0 aromatic rings. The first-order valence-corrected chi connectivity index (χ1v) is 5.35. The summed E-state index contributed by atoms with van der Waals surface area (Å²) in [6.07, 6.45) is 0. The van der Waals surface area contributed by atoms with Crippen LogP contribution in [0.4, 0.5) is 0 Å². The van der Waals surface area contributed by atoms with Gasteiger partial charge in [-0.3, -0.25) is 0 Å². The van der Waals surface area contributed by atoms with Gasteiger partial charge in [-0.05, 0) is 20.6 Å². The van der Waals surface area contributed by atoms with Crippen LogP contribution in [0.5, 0.6) is 0 Å². The Labute approximate surface area is 76.5 Å². The monoisotopic (exact) mass is 286 g/mol. The molecule has 0 bridgehead atoms. The van der Waals surface area contributed by atoms with Crippen LogP contribution >= 0.6 is 44.0 Å². The summed E-state index contributed by atoms with van der Waals surface area (Å²) in [5, 5.41) is 0. The molecule has 0 fully saturated rings. The first-order chi connectivity index (χ1) is 4.83. The Kier molecular flexibility index (Phi) is 5.09. The summed E-state index contributed by atoms with van der Waals surface area (Å²) in [7, 11) is -6.03. The van der Waals surface area contributed by atoms with Crippen LogP contribution in [0.15, 0.2) is 0 Å². The molecule has 6 nitrogen and oxygen atoms in total. The van der Waals surface area contributed by atoms with E-state index in [1.54, 1.807) is 0 Å². The van der Waals surface area contributed by atoms with Gasteiger partial charge in [0.15, 0.2) is 0 Å². The zero-order valence-electron chi connectivity index (χ0n) is 4.68. The molecule has 0 saturated heterocycles. The Hall–Kier alpha value is 0.810. The summed E-state index contributed by atoms with van der Waals surface area (Å²) in [5.74, 6) is 0. The summed E-state index contributed by atoms with van der Waals surface area (Å²) in [4.78, 5) is 16.2. The van der Waals surface area contributed by atoms with Crippen molar-refractivity contribution in [3.05, 3.63) is 0 Å². The molecular formula is CH2BrClO6P2+2. The number of hydrogen-bond donors (Lipinski definition) is 2. The van der Waals surface area contributed by atoms with Crippen LogP contribution in [0.1, 0.15) is 0 Å². The third-order valence-corrected chi connectivity index (χ3v) is 2.39. The largest absolute Gasteiger partial charge is 0.700 e. The van der Waals surface area contributed by atoms with Gasteiger partial charge in [-0.1, -0.05) is 0 Å². The summed E-state index contributed by atoms with van der Waals surface area (Å²) >= 11 is 7.53. The molecule has 0 rings (SSSR count). The molecule has 0 saturated carbocycles. The number of halogens is 2. The quantitative estimate of drug-likeness (QED) is 0.463. The van der Waals surface area contributed by atoms with Crippen molar-refractivity contribution in [2.45, 2.75) is 4.16 Å². The number of alkyl halides is 2. The van der Waals surface area contributed by atoms with Gasteiger partial charge in [0.25, 0.3) is 0 Å². The summed E-state index contributed by atoms with van der Waals surface area (Å²) in [6.45, 7) is 0. The summed E-state index contributed by atoms with van der Waals surface area (Å²) in [6, 6.07) is 0. The highest BCUT2D eigenvalue weighted by molar-refractivity contribution is 9.10. The van der Waals surface area contributed by atoms with Crippen LogP contribution in [-0.2, 0) is 18.2 Å². The molecule has 2 atom stereocenters. The molecule has 0 radical (unpaired) electrons. The topological polar surface area (TPSA) is 93.1 Å². The highest BCUT2D eigenvalue weighted by Crippen LogP contribution is 2.41. The normalized spacial score (nSPS) is 18.9. The van der Waals surface area contributed by atoms with Crippen LogP contribution in [-0.4, -0.2) is 13.9 Å². The maximum Gasteiger partial charge on any atom is 0.700 e. The fourth-order valence-corrected chi connectivity index (χ4v) is 1.79. The first kappa shape index (κ1) is 11.8. The van der Waals surface area contributed by atoms with Crippen molar-refractivity contribution < 1.29 is 28.0 Å². The van der Waals surface area contributed by atoms with Gasteiger partial charge in [-0.25, -0.2) is 0 Å². The van der Waals surface area contributed by atoms with Crippen molar-refractivity contribution in [3.8, 4) is 0 Å². The van der Waals surface area contributed by atoms with Gasteiger partial charge < -0.3 is 0 Å². The fraction of sp³-hybridized carbons (Fsp3) is 1.00. The van der Waals surface area contributed by atoms with Crippen LogP contribution in [0.25, 0.3) is 0 Å². The predicted octanol–water partition coefficient (Wildman–Crippen LogP) is 1.56. The minimum Gasteiger partial charge on any atom is -0.133 e. The molecule has 2 unspecified atom stereocenters. The van der Waals surface area contributed by atoms with E-state index in [2.05, 4.69) is 25.0 Å². The van der Waals surface area contributed by atoms with E-state index in [-0.39, 0.29) is 0 Å². The molecule has 0 aliphatic heterocycles. The van der Waals surface area contributed by atoms with E-state index in [1.807, 2.05) is 0 Å². The summed E-state index contributed by atoms with van der Waals surface area (Å²) in [5.41, 5.74) is 0. The SMILES string of the molecule is O=[P+](O)OC(Cl)(Br)O[P+](=O)O. The molecule has 2 N–H and O–H groups in total. The lowest BCUT2D eigenvalue weighted by Gasteiger charge is -2.00. The van der Waals surface area contributed by atoms with E-state index in [9.17, 15) is 9.13 Å². The average molecular weight is 287 g/mol. The zero-order chi connectivity index (χ0) is 9.07. The Morgan fingerprint density at radius 1 is 1.27 bits per heavy atom. The second-order valence-electron chi connectivity index (χ2n) is 1.12. The van der Waals surface area contributed by atoms with Gasteiger partial charge in [-0.15, -0.1) is 9.79 Å². The van der Waals surface area contributed by atoms with E-state index in [4.69, 9.17) is 21.4 Å². The van der Waals surface area contributed by atoms with Crippen LogP contribution in [0, 0.1) is 0 Å². The van der Waals surface area contributed by atoms with Crippen molar-refractivity contribution in [2.75, 3.05) is 0 Å². The molecule has 0 aliphatic rings. The lowest BCUT2D eigenvalue weighted by atomic mass is 11.5. The second-order valence-corrected chi connectivity index (χ2v) is 4.44.